The van der Waals surface area contributed by atoms with E-state index in [4.69, 9.17) is 4.74 Å². The van der Waals surface area contributed by atoms with E-state index in [2.05, 4.69) is 5.32 Å². The van der Waals surface area contributed by atoms with Gasteiger partial charge in [0.25, 0.3) is 11.6 Å². The van der Waals surface area contributed by atoms with Gasteiger partial charge in [0, 0.05) is 42.2 Å². The monoisotopic (exact) mass is 394 g/mol. The number of carbonyl (C=O) groups excluding carboxylic acids is 1. The second kappa shape index (κ2) is 8.86. The van der Waals surface area contributed by atoms with Gasteiger partial charge in [0.05, 0.1) is 18.1 Å². The Morgan fingerprint density at radius 1 is 1.24 bits per heavy atom. The molecule has 1 aliphatic heterocycles. The number of non-ortho nitro benzene ring substituents is 1. The van der Waals surface area contributed by atoms with Crippen molar-refractivity contribution in [1.29, 1.82) is 5.26 Å². The van der Waals surface area contributed by atoms with Gasteiger partial charge < -0.3 is 20.1 Å². The minimum absolute atomic E-state index is 0.0470. The summed E-state index contributed by atoms with van der Waals surface area (Å²) in [6.45, 7) is 2.24. The number of benzene rings is 2. The molecule has 0 bridgehead atoms. The van der Waals surface area contributed by atoms with Crippen molar-refractivity contribution < 1.29 is 19.6 Å². The van der Waals surface area contributed by atoms with Crippen molar-refractivity contribution in [2.24, 2.45) is 0 Å². The van der Waals surface area contributed by atoms with Crippen LogP contribution in [-0.4, -0.2) is 42.2 Å². The van der Waals surface area contributed by atoms with Crippen LogP contribution in [0.25, 0.3) is 6.08 Å². The molecule has 148 valence electrons. The van der Waals surface area contributed by atoms with Crippen LogP contribution in [0.2, 0.25) is 0 Å². The number of amides is 1. The molecule has 3 rings (SSSR count). The van der Waals surface area contributed by atoms with Crippen molar-refractivity contribution >= 4 is 29.0 Å². The van der Waals surface area contributed by atoms with E-state index >= 15 is 0 Å². The SMILES string of the molecule is N#CC(=Cc1cc([N+](=O)[O-])ccc1N1CCOCC1)C(=O)Nc1ccc(O)cc1. The van der Waals surface area contributed by atoms with Crippen LogP contribution in [0.1, 0.15) is 5.56 Å². The third-order valence-corrected chi connectivity index (χ3v) is 4.36. The summed E-state index contributed by atoms with van der Waals surface area (Å²) >= 11 is 0. The zero-order valence-corrected chi connectivity index (χ0v) is 15.4. The van der Waals surface area contributed by atoms with Gasteiger partial charge in [-0.05, 0) is 36.4 Å². The Morgan fingerprint density at radius 2 is 1.93 bits per heavy atom. The molecule has 0 aromatic heterocycles. The molecule has 9 heteroatoms. The number of nitro groups is 1. The van der Waals surface area contributed by atoms with Crippen LogP contribution in [0.5, 0.6) is 5.75 Å². The Bertz CT molecular complexity index is 989. The van der Waals surface area contributed by atoms with E-state index in [0.29, 0.717) is 43.2 Å². The number of hydrogen-bond donors (Lipinski definition) is 2. The molecule has 2 aromatic rings. The van der Waals surface area contributed by atoms with Crippen LogP contribution in [-0.2, 0) is 9.53 Å². The summed E-state index contributed by atoms with van der Waals surface area (Å²) in [5, 5.41) is 32.5. The molecule has 0 aliphatic carbocycles. The van der Waals surface area contributed by atoms with Crippen LogP contribution in [0.15, 0.2) is 48.0 Å². The van der Waals surface area contributed by atoms with E-state index in [9.17, 15) is 25.3 Å². The van der Waals surface area contributed by atoms with Crippen LogP contribution in [0.3, 0.4) is 0 Å². The Hall–Kier alpha value is -3.90. The topological polar surface area (TPSA) is 129 Å². The van der Waals surface area contributed by atoms with Gasteiger partial charge >= 0.3 is 0 Å². The first-order valence-electron chi connectivity index (χ1n) is 8.81. The number of anilines is 2. The predicted molar refractivity (Wildman–Crippen MR) is 106 cm³/mol. The third-order valence-electron chi connectivity index (χ3n) is 4.36. The van der Waals surface area contributed by atoms with Gasteiger partial charge in [-0.2, -0.15) is 5.26 Å². The first-order valence-corrected chi connectivity index (χ1v) is 8.81. The molecule has 1 fully saturated rings. The average Bonchev–Trinajstić information content (AvgIpc) is 2.74. The number of hydrogen-bond acceptors (Lipinski definition) is 7. The molecule has 1 amide bonds. The Balaban J connectivity index is 1.94. The lowest BCUT2D eigenvalue weighted by Gasteiger charge is -2.30. The van der Waals surface area contributed by atoms with Gasteiger partial charge in [0.1, 0.15) is 17.4 Å². The van der Waals surface area contributed by atoms with Gasteiger partial charge in [-0.3, -0.25) is 14.9 Å². The number of ether oxygens (including phenoxy) is 1. The highest BCUT2D eigenvalue weighted by Gasteiger charge is 2.19. The minimum Gasteiger partial charge on any atom is -0.508 e. The maximum absolute atomic E-state index is 12.5. The Kier molecular flexibility index (Phi) is 6.06. The van der Waals surface area contributed by atoms with Gasteiger partial charge in [-0.25, -0.2) is 0 Å². The highest BCUT2D eigenvalue weighted by molar-refractivity contribution is 6.10. The van der Waals surface area contributed by atoms with E-state index in [1.165, 1.54) is 42.5 Å². The van der Waals surface area contributed by atoms with Gasteiger partial charge in [-0.1, -0.05) is 0 Å². The van der Waals surface area contributed by atoms with Crippen molar-refractivity contribution in [2.75, 3.05) is 36.5 Å². The summed E-state index contributed by atoms with van der Waals surface area (Å²) in [4.78, 5) is 25.2. The Labute approximate surface area is 166 Å². The number of aromatic hydroxyl groups is 1. The maximum Gasteiger partial charge on any atom is 0.270 e. The molecule has 1 aliphatic rings. The van der Waals surface area contributed by atoms with Crippen molar-refractivity contribution in [1.82, 2.24) is 0 Å². The highest BCUT2D eigenvalue weighted by Crippen LogP contribution is 2.28. The number of nitro benzene ring substituents is 1. The molecule has 0 saturated carbocycles. The minimum atomic E-state index is -0.655. The molecule has 1 heterocycles. The summed E-state index contributed by atoms with van der Waals surface area (Å²) in [5.74, 6) is -0.608. The predicted octanol–water partition coefficient (Wildman–Crippen LogP) is 2.68. The first-order chi connectivity index (χ1) is 14.0. The number of phenolic OH excluding ortho intramolecular Hbond substituents is 1. The van der Waals surface area contributed by atoms with Crippen LogP contribution >= 0.6 is 0 Å². The number of morpholine rings is 1. The van der Waals surface area contributed by atoms with Gasteiger partial charge in [-0.15, -0.1) is 0 Å². The summed E-state index contributed by atoms with van der Waals surface area (Å²) in [6.07, 6.45) is 1.34. The summed E-state index contributed by atoms with van der Waals surface area (Å²) < 4.78 is 5.34. The molecule has 0 unspecified atom stereocenters. The van der Waals surface area contributed by atoms with Crippen molar-refractivity contribution in [3.8, 4) is 11.8 Å². The lowest BCUT2D eigenvalue weighted by atomic mass is 10.1. The lowest BCUT2D eigenvalue weighted by molar-refractivity contribution is -0.384. The van der Waals surface area contributed by atoms with E-state index in [-0.39, 0.29) is 17.0 Å². The summed E-state index contributed by atoms with van der Waals surface area (Å²) in [7, 11) is 0. The smallest absolute Gasteiger partial charge is 0.270 e. The number of carbonyl (C=O) groups is 1. The zero-order chi connectivity index (χ0) is 20.8. The number of nitrogens with one attached hydrogen (secondary N) is 1. The fourth-order valence-electron chi connectivity index (χ4n) is 2.91. The summed E-state index contributed by atoms with van der Waals surface area (Å²) in [5.41, 5.74) is 1.15. The van der Waals surface area contributed by atoms with Crippen molar-refractivity contribution in [2.45, 2.75) is 0 Å². The van der Waals surface area contributed by atoms with Crippen LogP contribution in [0.4, 0.5) is 17.1 Å². The molecule has 1 saturated heterocycles. The second-order valence-electron chi connectivity index (χ2n) is 6.27. The standard InChI is InChI=1S/C20H18N4O5/c21-13-15(20(26)22-16-1-4-18(25)5-2-16)11-14-12-17(24(27)28)3-6-19(14)23-7-9-29-10-8-23/h1-6,11-12,25H,7-10H2,(H,22,26). The Morgan fingerprint density at radius 3 is 2.55 bits per heavy atom. The third kappa shape index (κ3) is 4.88. The fraction of sp³-hybridized carbons (Fsp3) is 0.200. The molecular weight excluding hydrogens is 376 g/mol. The van der Waals surface area contributed by atoms with Crippen LogP contribution < -0.4 is 10.2 Å². The quantitative estimate of drug-likeness (QED) is 0.262. The zero-order valence-electron chi connectivity index (χ0n) is 15.4. The fourth-order valence-corrected chi connectivity index (χ4v) is 2.91. The van der Waals surface area contributed by atoms with E-state index in [1.807, 2.05) is 11.0 Å². The molecule has 0 radical (unpaired) electrons. The molecule has 9 nitrogen and oxygen atoms in total. The normalized spacial score (nSPS) is 14.2. The van der Waals surface area contributed by atoms with Gasteiger partial charge in [0.2, 0.25) is 0 Å². The second-order valence-corrected chi connectivity index (χ2v) is 6.27. The molecule has 0 atom stereocenters. The molecule has 2 aromatic carbocycles. The molecule has 2 N–H and O–H groups in total. The number of phenols is 1. The number of rotatable bonds is 5. The molecular formula is C20H18N4O5. The van der Waals surface area contributed by atoms with Crippen molar-refractivity contribution in [3.63, 3.8) is 0 Å². The largest absolute Gasteiger partial charge is 0.508 e. The highest BCUT2D eigenvalue weighted by atomic mass is 16.6. The van der Waals surface area contributed by atoms with Gasteiger partial charge in [0.15, 0.2) is 0 Å². The average molecular weight is 394 g/mol. The lowest BCUT2D eigenvalue weighted by Crippen LogP contribution is -2.36. The number of nitrogens with zero attached hydrogens (tertiary/aromatic N) is 3. The van der Waals surface area contributed by atoms with E-state index in [0.717, 1.165) is 0 Å². The van der Waals surface area contributed by atoms with E-state index < -0.39 is 10.8 Å². The summed E-state index contributed by atoms with van der Waals surface area (Å²) in [6, 6.07) is 12.0. The number of nitriles is 1. The molecule has 0 spiro atoms. The van der Waals surface area contributed by atoms with Crippen molar-refractivity contribution in [3.05, 3.63) is 63.7 Å². The van der Waals surface area contributed by atoms with E-state index in [1.54, 1.807) is 6.07 Å². The maximum atomic E-state index is 12.5. The van der Waals surface area contributed by atoms with Crippen LogP contribution in [0, 0.1) is 21.4 Å². The first kappa shape index (κ1) is 19.9. The molecule has 29 heavy (non-hydrogen) atoms.